The Morgan fingerprint density at radius 1 is 1.31 bits per heavy atom. The lowest BCUT2D eigenvalue weighted by molar-refractivity contribution is -0.0236. The summed E-state index contributed by atoms with van der Waals surface area (Å²) in [6.07, 6.45) is 0. The molecule has 68 valence electrons. The van der Waals surface area contributed by atoms with Crippen molar-refractivity contribution in [1.29, 1.82) is 5.26 Å². The van der Waals surface area contributed by atoms with Gasteiger partial charge in [-0.15, -0.1) is 0 Å². The van der Waals surface area contributed by atoms with Crippen molar-refractivity contribution in [2.75, 3.05) is 0 Å². The molecule has 0 atom stereocenters. The average molecular weight is 176 g/mol. The minimum Gasteiger partial charge on any atom is -0.294 e. The Bertz CT molecular complexity index is 322. The van der Waals surface area contributed by atoms with E-state index in [1.54, 1.807) is 12.1 Å². The van der Waals surface area contributed by atoms with E-state index in [0.717, 1.165) is 5.56 Å². The van der Waals surface area contributed by atoms with E-state index in [1.807, 2.05) is 26.0 Å². The van der Waals surface area contributed by atoms with Crippen molar-refractivity contribution >= 4 is 0 Å². The molecule has 1 aromatic rings. The molecule has 2 N–H and O–H groups in total. The van der Waals surface area contributed by atoms with E-state index < -0.39 is 5.60 Å². The molecule has 0 fully saturated rings. The fraction of sp³-hybridized carbons (Fsp3) is 0.300. The number of nitriles is 1. The summed E-state index contributed by atoms with van der Waals surface area (Å²) in [6.45, 7) is 3.74. The molecule has 0 unspecified atom stereocenters. The van der Waals surface area contributed by atoms with Gasteiger partial charge in [0.1, 0.15) is 5.60 Å². The van der Waals surface area contributed by atoms with E-state index in [9.17, 15) is 0 Å². The van der Waals surface area contributed by atoms with Crippen LogP contribution in [0.1, 0.15) is 25.0 Å². The first kappa shape index (κ1) is 9.72. The molecule has 3 nitrogen and oxygen atoms in total. The number of rotatable bonds is 2. The molecule has 0 saturated carbocycles. The molecule has 0 radical (unpaired) electrons. The number of hydrogen-bond acceptors (Lipinski definition) is 3. The van der Waals surface area contributed by atoms with Gasteiger partial charge >= 0.3 is 0 Å². The van der Waals surface area contributed by atoms with Gasteiger partial charge in [0.25, 0.3) is 0 Å². The van der Waals surface area contributed by atoms with Crippen LogP contribution in [0.4, 0.5) is 0 Å². The van der Waals surface area contributed by atoms with Gasteiger partial charge in [-0.25, -0.2) is 5.90 Å². The van der Waals surface area contributed by atoms with E-state index >= 15 is 0 Å². The molecular weight excluding hydrogens is 164 g/mol. The molecule has 0 aromatic heterocycles. The summed E-state index contributed by atoms with van der Waals surface area (Å²) >= 11 is 0. The second-order valence-electron chi connectivity index (χ2n) is 3.32. The summed E-state index contributed by atoms with van der Waals surface area (Å²) in [6, 6.07) is 9.22. The molecule has 0 amide bonds. The lowest BCUT2D eigenvalue weighted by Gasteiger charge is -2.21. The van der Waals surface area contributed by atoms with Crippen LogP contribution < -0.4 is 5.90 Å². The first-order valence-corrected chi connectivity index (χ1v) is 3.98. The summed E-state index contributed by atoms with van der Waals surface area (Å²) in [5.74, 6) is 5.14. The lowest BCUT2D eigenvalue weighted by atomic mass is 9.97. The van der Waals surface area contributed by atoms with Crippen molar-refractivity contribution in [3.63, 3.8) is 0 Å². The maximum atomic E-state index is 8.58. The van der Waals surface area contributed by atoms with Crippen LogP contribution in [0, 0.1) is 11.3 Å². The van der Waals surface area contributed by atoms with E-state index in [1.165, 1.54) is 0 Å². The Labute approximate surface area is 77.7 Å². The fourth-order valence-corrected chi connectivity index (χ4v) is 1.01. The van der Waals surface area contributed by atoms with Crippen LogP contribution in [0.3, 0.4) is 0 Å². The third-order valence-corrected chi connectivity index (χ3v) is 2.00. The zero-order valence-corrected chi connectivity index (χ0v) is 7.74. The molecule has 1 aromatic carbocycles. The average Bonchev–Trinajstić information content (AvgIpc) is 2.18. The molecule has 1 rings (SSSR count). The summed E-state index contributed by atoms with van der Waals surface area (Å²) in [7, 11) is 0. The molecule has 0 spiro atoms. The topological polar surface area (TPSA) is 59.0 Å². The number of benzene rings is 1. The van der Waals surface area contributed by atoms with Gasteiger partial charge in [0.2, 0.25) is 0 Å². The van der Waals surface area contributed by atoms with Gasteiger partial charge in [0.05, 0.1) is 11.6 Å². The van der Waals surface area contributed by atoms with Crippen LogP contribution in [0.25, 0.3) is 0 Å². The largest absolute Gasteiger partial charge is 0.294 e. The van der Waals surface area contributed by atoms with Gasteiger partial charge < -0.3 is 0 Å². The van der Waals surface area contributed by atoms with Crippen molar-refractivity contribution in [2.24, 2.45) is 5.90 Å². The normalized spacial score (nSPS) is 10.9. The summed E-state index contributed by atoms with van der Waals surface area (Å²) in [5, 5.41) is 8.58. The van der Waals surface area contributed by atoms with Crippen LogP contribution in [0.2, 0.25) is 0 Å². The van der Waals surface area contributed by atoms with Gasteiger partial charge in [-0.3, -0.25) is 4.84 Å². The smallest absolute Gasteiger partial charge is 0.109 e. The first-order chi connectivity index (χ1) is 6.10. The minimum absolute atomic E-state index is 0.506. The second kappa shape index (κ2) is 3.56. The number of nitrogens with zero attached hydrogens (tertiary/aromatic N) is 1. The monoisotopic (exact) mass is 176 g/mol. The third kappa shape index (κ3) is 2.05. The number of hydrogen-bond donors (Lipinski definition) is 1. The summed E-state index contributed by atoms with van der Waals surface area (Å²) in [5.41, 5.74) is 1.08. The predicted octanol–water partition coefficient (Wildman–Crippen LogP) is 1.68. The maximum Gasteiger partial charge on any atom is 0.109 e. The molecule has 0 aliphatic rings. The molecule has 0 bridgehead atoms. The standard InChI is InChI=1S/C10H12N2O/c1-10(2,13-12)9-5-3-8(7-11)4-6-9/h3-6H,12H2,1-2H3. The predicted molar refractivity (Wildman–Crippen MR) is 49.5 cm³/mol. The second-order valence-corrected chi connectivity index (χ2v) is 3.32. The minimum atomic E-state index is -0.506. The zero-order valence-electron chi connectivity index (χ0n) is 7.74. The molecule has 0 heterocycles. The quantitative estimate of drug-likeness (QED) is 0.697. The fourth-order valence-electron chi connectivity index (χ4n) is 1.01. The first-order valence-electron chi connectivity index (χ1n) is 3.98. The highest BCUT2D eigenvalue weighted by Crippen LogP contribution is 2.22. The Hall–Kier alpha value is -1.37. The van der Waals surface area contributed by atoms with E-state index in [-0.39, 0.29) is 0 Å². The van der Waals surface area contributed by atoms with Gasteiger partial charge in [0.15, 0.2) is 0 Å². The lowest BCUT2D eigenvalue weighted by Crippen LogP contribution is -2.25. The SMILES string of the molecule is CC(C)(ON)c1ccc(C#N)cc1. The van der Waals surface area contributed by atoms with E-state index in [4.69, 9.17) is 16.0 Å². The van der Waals surface area contributed by atoms with Crippen molar-refractivity contribution in [3.05, 3.63) is 35.4 Å². The van der Waals surface area contributed by atoms with Crippen LogP contribution >= 0.6 is 0 Å². The maximum absolute atomic E-state index is 8.58. The number of nitrogens with two attached hydrogens (primary N) is 1. The van der Waals surface area contributed by atoms with Gasteiger partial charge in [-0.1, -0.05) is 12.1 Å². The van der Waals surface area contributed by atoms with Crippen molar-refractivity contribution < 1.29 is 4.84 Å². The zero-order chi connectivity index (χ0) is 9.90. The molecule has 0 aliphatic carbocycles. The van der Waals surface area contributed by atoms with Crippen molar-refractivity contribution in [1.82, 2.24) is 0 Å². The van der Waals surface area contributed by atoms with Crippen LogP contribution in [0.5, 0.6) is 0 Å². The van der Waals surface area contributed by atoms with Crippen LogP contribution in [0.15, 0.2) is 24.3 Å². The molecule has 3 heteroatoms. The molecule has 0 aliphatic heterocycles. The highest BCUT2D eigenvalue weighted by Gasteiger charge is 2.19. The Balaban J connectivity index is 3.00. The third-order valence-electron chi connectivity index (χ3n) is 2.00. The van der Waals surface area contributed by atoms with Crippen LogP contribution in [-0.2, 0) is 10.4 Å². The van der Waals surface area contributed by atoms with Gasteiger partial charge in [-0.05, 0) is 31.5 Å². The molecule has 0 saturated heterocycles. The Morgan fingerprint density at radius 2 is 1.85 bits per heavy atom. The molecular formula is C10H12N2O. The highest BCUT2D eigenvalue weighted by atomic mass is 16.6. The van der Waals surface area contributed by atoms with E-state index in [0.29, 0.717) is 5.56 Å². The van der Waals surface area contributed by atoms with Crippen LogP contribution in [-0.4, -0.2) is 0 Å². The van der Waals surface area contributed by atoms with Crippen molar-refractivity contribution in [2.45, 2.75) is 19.4 Å². The Kier molecular flexibility index (Phi) is 2.66. The molecule has 13 heavy (non-hydrogen) atoms. The van der Waals surface area contributed by atoms with Gasteiger partial charge in [0, 0.05) is 0 Å². The summed E-state index contributed by atoms with van der Waals surface area (Å²) in [4.78, 5) is 4.81. The van der Waals surface area contributed by atoms with Gasteiger partial charge in [-0.2, -0.15) is 5.26 Å². The Morgan fingerprint density at radius 3 is 2.23 bits per heavy atom. The summed E-state index contributed by atoms with van der Waals surface area (Å²) < 4.78 is 0. The van der Waals surface area contributed by atoms with Crippen molar-refractivity contribution in [3.8, 4) is 6.07 Å². The highest BCUT2D eigenvalue weighted by molar-refractivity contribution is 5.33. The van der Waals surface area contributed by atoms with E-state index in [2.05, 4.69) is 6.07 Å².